The van der Waals surface area contributed by atoms with E-state index in [4.69, 9.17) is 28.7 Å². The Morgan fingerprint density at radius 3 is 1.95 bits per heavy atom. The van der Waals surface area contributed by atoms with Crippen LogP contribution in [-0.4, -0.2) is 94.7 Å². The summed E-state index contributed by atoms with van der Waals surface area (Å²) in [7, 11) is -2.92. The number of rotatable bonds is 18. The summed E-state index contributed by atoms with van der Waals surface area (Å²) in [5, 5.41) is 22.6. The molecule has 0 saturated carbocycles. The number of Topliss-reactive ketones (excluding diaryl/α,β-unsaturated/α-hetero) is 3. The molecule has 0 bridgehead atoms. The zero-order valence-corrected chi connectivity index (χ0v) is 25.9. The van der Waals surface area contributed by atoms with E-state index in [0.29, 0.717) is 37.1 Å². The first-order valence-electron chi connectivity index (χ1n) is 15.4. The van der Waals surface area contributed by atoms with Gasteiger partial charge in [-0.25, -0.2) is 4.39 Å². The van der Waals surface area contributed by atoms with Gasteiger partial charge < -0.3 is 43.6 Å². The second kappa shape index (κ2) is 16.6. The van der Waals surface area contributed by atoms with Crippen LogP contribution in [0.1, 0.15) is 75.6 Å². The second-order valence-corrected chi connectivity index (χ2v) is 12.1. The van der Waals surface area contributed by atoms with Crippen LogP contribution >= 0.6 is 0 Å². The molecule has 0 aliphatic carbocycles. The number of hydrogen-bond donors (Lipinski definition) is 7. The van der Waals surface area contributed by atoms with Crippen molar-refractivity contribution in [2.45, 2.75) is 94.9 Å². The molecule has 1 heterocycles. The predicted octanol–water partition coefficient (Wildman–Crippen LogP) is -0.399. The van der Waals surface area contributed by atoms with E-state index in [9.17, 15) is 29.2 Å². The molecule has 14 heteroatoms. The Labute approximate surface area is 259 Å². The number of nitrogens with two attached hydrogens (primary N) is 5. The Balaban J connectivity index is 3.02. The summed E-state index contributed by atoms with van der Waals surface area (Å²) in [5.41, 5.74) is 23.6. The van der Waals surface area contributed by atoms with Crippen LogP contribution in [0.2, 0.25) is 0 Å². The van der Waals surface area contributed by atoms with Crippen LogP contribution in [0.3, 0.4) is 0 Å². The Morgan fingerprint density at radius 1 is 0.909 bits per heavy atom. The molecule has 0 aromatic heterocycles. The fourth-order valence-corrected chi connectivity index (χ4v) is 6.42. The number of carbonyl (C=O) groups is 4. The maximum atomic E-state index is 17.0. The van der Waals surface area contributed by atoms with Crippen molar-refractivity contribution in [3.8, 4) is 0 Å². The van der Waals surface area contributed by atoms with Gasteiger partial charge in [-0.1, -0.05) is 57.0 Å². The molecule has 2 rings (SSSR count). The van der Waals surface area contributed by atoms with E-state index >= 15 is 4.39 Å². The van der Waals surface area contributed by atoms with Crippen LogP contribution in [0.5, 0.6) is 0 Å². The van der Waals surface area contributed by atoms with Gasteiger partial charge in [0.2, 0.25) is 5.91 Å². The first-order valence-corrected chi connectivity index (χ1v) is 15.4. The minimum Gasteiger partial charge on any atom is -0.425 e. The van der Waals surface area contributed by atoms with Crippen molar-refractivity contribution >= 4 is 30.4 Å². The maximum absolute atomic E-state index is 17.0. The lowest BCUT2D eigenvalue weighted by Crippen LogP contribution is -2.85. The molecule has 12 N–H and O–H groups in total. The van der Waals surface area contributed by atoms with Gasteiger partial charge in [0.15, 0.2) is 28.2 Å². The Kier molecular flexibility index (Phi) is 14.2. The van der Waals surface area contributed by atoms with Crippen LogP contribution in [0.4, 0.5) is 4.39 Å². The first kappa shape index (κ1) is 37.6. The molecule has 0 spiro atoms. The summed E-state index contributed by atoms with van der Waals surface area (Å²) >= 11 is 0. The molecule has 1 aromatic rings. The number of likely N-dealkylation sites (tertiary alicyclic amines) is 1. The second-order valence-electron chi connectivity index (χ2n) is 12.1. The van der Waals surface area contributed by atoms with Crippen molar-refractivity contribution in [2.24, 2.45) is 40.0 Å². The van der Waals surface area contributed by atoms with E-state index in [1.54, 1.807) is 19.9 Å². The lowest BCUT2D eigenvalue weighted by atomic mass is 9.41. The average Bonchev–Trinajstić information content (AvgIpc) is 2.99. The van der Waals surface area contributed by atoms with Crippen molar-refractivity contribution in [3.05, 3.63) is 35.9 Å². The maximum Gasteiger partial charge on any atom is 0.488 e. The molecule has 6 unspecified atom stereocenters. The third-order valence-corrected chi connectivity index (χ3v) is 8.56. The molecule has 246 valence electrons. The average molecular weight is 621 g/mol. The number of piperidine rings is 1. The van der Waals surface area contributed by atoms with Gasteiger partial charge in [0.05, 0.1) is 18.1 Å². The van der Waals surface area contributed by atoms with Crippen LogP contribution < -0.4 is 28.7 Å². The molecular formula is C30H50BFN6O6. The van der Waals surface area contributed by atoms with E-state index in [1.165, 1.54) is 24.3 Å². The van der Waals surface area contributed by atoms with Crippen molar-refractivity contribution < 1.29 is 33.6 Å². The number of nitrogens with zero attached hydrogens (tertiary/aromatic N) is 1. The number of amides is 1. The van der Waals surface area contributed by atoms with E-state index in [1.807, 2.05) is 0 Å². The van der Waals surface area contributed by atoms with Crippen LogP contribution in [0, 0.1) is 11.3 Å². The molecule has 12 nitrogen and oxygen atoms in total. The monoisotopic (exact) mass is 620 g/mol. The number of unbranched alkanes of at least 4 members (excludes halogenated alkanes) is 2. The van der Waals surface area contributed by atoms with Crippen LogP contribution in [0.25, 0.3) is 0 Å². The van der Waals surface area contributed by atoms with Crippen molar-refractivity contribution in [2.75, 3.05) is 19.6 Å². The van der Waals surface area contributed by atoms with Gasteiger partial charge in [0.25, 0.3) is 0 Å². The van der Waals surface area contributed by atoms with E-state index in [0.717, 1.165) is 0 Å². The zero-order valence-electron chi connectivity index (χ0n) is 25.9. The minimum atomic E-state index is -3.18. The van der Waals surface area contributed by atoms with Crippen molar-refractivity contribution in [1.82, 2.24) is 4.90 Å². The van der Waals surface area contributed by atoms with Crippen molar-refractivity contribution in [1.29, 1.82) is 0 Å². The Morgan fingerprint density at radius 2 is 1.45 bits per heavy atom. The van der Waals surface area contributed by atoms with Crippen LogP contribution in [0.15, 0.2) is 30.3 Å². The smallest absolute Gasteiger partial charge is 0.425 e. The molecule has 1 aromatic carbocycles. The normalized spacial score (nSPS) is 24.1. The molecule has 0 radical (unpaired) electrons. The number of halogens is 1. The number of hydrogen-bond acceptors (Lipinski definition) is 11. The van der Waals surface area contributed by atoms with Gasteiger partial charge >= 0.3 is 7.12 Å². The van der Waals surface area contributed by atoms with E-state index in [-0.39, 0.29) is 37.3 Å². The Bertz CT molecular complexity index is 1130. The summed E-state index contributed by atoms with van der Waals surface area (Å²) in [6.45, 7) is 3.59. The van der Waals surface area contributed by atoms with Crippen LogP contribution in [-0.2, 0) is 14.4 Å². The fourth-order valence-electron chi connectivity index (χ4n) is 6.42. The molecular weight excluding hydrogens is 570 g/mol. The molecule has 1 aliphatic heterocycles. The summed E-state index contributed by atoms with van der Waals surface area (Å²) < 4.78 is 17.0. The zero-order chi connectivity index (χ0) is 33.2. The van der Waals surface area contributed by atoms with Gasteiger partial charge in [-0.05, 0) is 57.5 Å². The number of carbonyl (C=O) groups excluding carboxylic acids is 4. The SMILES string of the molecule is CC(C)CC(N)C(=O)C1(B(O)O)N(C(=O)C(N)CCCCN)CCC(F)C1(C(=O)c1ccccc1)C(=O)C(N)CCCCN. The highest BCUT2D eigenvalue weighted by Crippen LogP contribution is 2.52. The first-order chi connectivity index (χ1) is 20.8. The van der Waals surface area contributed by atoms with Crippen molar-refractivity contribution in [3.63, 3.8) is 0 Å². The molecule has 1 saturated heterocycles. The number of ketones is 3. The number of alkyl halides is 1. The van der Waals surface area contributed by atoms with Gasteiger partial charge in [-0.3, -0.25) is 19.2 Å². The summed E-state index contributed by atoms with van der Waals surface area (Å²) in [6, 6.07) is 2.84. The third-order valence-electron chi connectivity index (χ3n) is 8.56. The third kappa shape index (κ3) is 7.28. The summed E-state index contributed by atoms with van der Waals surface area (Å²) in [5.74, 6) is -4.84. The summed E-state index contributed by atoms with van der Waals surface area (Å²) in [6.07, 6.45) is -1.23. The molecule has 1 amide bonds. The van der Waals surface area contributed by atoms with Gasteiger partial charge in [-0.15, -0.1) is 0 Å². The minimum absolute atomic E-state index is 0.0266. The highest BCUT2D eigenvalue weighted by Gasteiger charge is 2.78. The standard InChI is InChI=1S/C30H50BFN6O6/c1-19(2)18-23(37)27(41)30(31(43)44)29(25(39)20-10-4-3-5-11-20,26(40)21(35)12-6-8-15-33)24(32)14-17-38(30)28(42)22(36)13-7-9-16-34/h3-5,10-11,19,21-24,43-44H,6-9,12-18,33-37H2,1-2H3. The largest absolute Gasteiger partial charge is 0.488 e. The summed E-state index contributed by atoms with van der Waals surface area (Å²) in [4.78, 5) is 58.8. The molecule has 1 aliphatic rings. The highest BCUT2D eigenvalue weighted by atomic mass is 19.1. The lowest BCUT2D eigenvalue weighted by molar-refractivity contribution is -0.166. The predicted molar refractivity (Wildman–Crippen MR) is 167 cm³/mol. The Hall–Kier alpha value is -2.59. The lowest BCUT2D eigenvalue weighted by Gasteiger charge is -2.58. The molecule has 1 fully saturated rings. The highest BCUT2D eigenvalue weighted by molar-refractivity contribution is 6.56. The van der Waals surface area contributed by atoms with E-state index < -0.39 is 78.5 Å². The topological polar surface area (TPSA) is 242 Å². The fraction of sp³-hybridized carbons (Fsp3) is 0.667. The van der Waals surface area contributed by atoms with Gasteiger partial charge in [0, 0.05) is 12.1 Å². The quantitative estimate of drug-likeness (QED) is 0.0482. The van der Waals surface area contributed by atoms with Gasteiger partial charge in [0.1, 0.15) is 6.17 Å². The molecule has 44 heavy (non-hydrogen) atoms. The van der Waals surface area contributed by atoms with E-state index in [2.05, 4.69) is 0 Å². The number of benzene rings is 1. The molecule has 6 atom stereocenters. The van der Waals surface area contributed by atoms with Gasteiger partial charge in [-0.2, -0.15) is 0 Å².